The van der Waals surface area contributed by atoms with Gasteiger partial charge in [-0.25, -0.2) is 4.39 Å². The molecule has 0 aliphatic rings. The molecule has 6 heteroatoms. The Balaban J connectivity index is 2.58. The fourth-order valence-corrected chi connectivity index (χ4v) is 0.954. The number of benzene rings is 1. The van der Waals surface area contributed by atoms with Crippen molar-refractivity contribution in [2.75, 3.05) is 11.9 Å². The van der Waals surface area contributed by atoms with E-state index >= 15 is 0 Å². The van der Waals surface area contributed by atoms with Gasteiger partial charge in [-0.3, -0.25) is 9.59 Å². The van der Waals surface area contributed by atoms with E-state index in [4.69, 9.17) is 5.26 Å². The van der Waals surface area contributed by atoms with Crippen molar-refractivity contribution in [3.63, 3.8) is 0 Å². The monoisotopic (exact) mass is 221 g/mol. The molecule has 0 radical (unpaired) electrons. The van der Waals surface area contributed by atoms with E-state index in [-0.39, 0.29) is 12.2 Å². The van der Waals surface area contributed by atoms with Crippen LogP contribution in [0.2, 0.25) is 0 Å². The second kappa shape index (κ2) is 5.46. The minimum absolute atomic E-state index is 0.178. The number of nitrogens with zero attached hydrogens (tertiary/aromatic N) is 1. The van der Waals surface area contributed by atoms with E-state index in [1.54, 1.807) is 6.07 Å². The molecule has 1 aromatic rings. The minimum Gasteiger partial charge on any atom is -0.335 e. The van der Waals surface area contributed by atoms with E-state index in [1.165, 1.54) is 18.2 Å². The third kappa shape index (κ3) is 3.38. The lowest BCUT2D eigenvalue weighted by Crippen LogP contribution is -2.35. The predicted molar refractivity (Wildman–Crippen MR) is 53.7 cm³/mol. The van der Waals surface area contributed by atoms with Gasteiger partial charge in [-0.1, -0.05) is 6.07 Å². The number of hydrogen-bond donors (Lipinski definition) is 2. The second-order valence-corrected chi connectivity index (χ2v) is 2.81. The number of nitriles is 1. The maximum absolute atomic E-state index is 12.7. The first-order valence-corrected chi connectivity index (χ1v) is 4.35. The summed E-state index contributed by atoms with van der Waals surface area (Å²) < 4.78 is 12.7. The Hall–Kier alpha value is -2.42. The van der Waals surface area contributed by atoms with Gasteiger partial charge in [-0.15, -0.1) is 0 Å². The van der Waals surface area contributed by atoms with Crippen LogP contribution in [0, 0.1) is 17.1 Å². The maximum Gasteiger partial charge on any atom is 0.313 e. The molecule has 0 spiro atoms. The molecule has 0 heterocycles. The average Bonchev–Trinajstić information content (AvgIpc) is 2.25. The Morgan fingerprint density at radius 1 is 1.38 bits per heavy atom. The summed E-state index contributed by atoms with van der Waals surface area (Å²) in [7, 11) is 0. The van der Waals surface area contributed by atoms with Crippen molar-refractivity contribution in [2.45, 2.75) is 0 Å². The van der Waals surface area contributed by atoms with Gasteiger partial charge >= 0.3 is 11.8 Å². The summed E-state index contributed by atoms with van der Waals surface area (Å²) in [5.74, 6) is -2.40. The summed E-state index contributed by atoms with van der Waals surface area (Å²) in [6.07, 6.45) is 0. The van der Waals surface area contributed by atoms with E-state index in [0.29, 0.717) is 0 Å². The molecule has 5 nitrogen and oxygen atoms in total. The molecule has 0 aromatic heterocycles. The van der Waals surface area contributed by atoms with Gasteiger partial charge in [0.05, 0.1) is 6.07 Å². The van der Waals surface area contributed by atoms with Crippen LogP contribution in [0.5, 0.6) is 0 Å². The molecule has 0 unspecified atom stereocenters. The molecule has 2 amide bonds. The minimum atomic E-state index is -0.944. The Bertz CT molecular complexity index is 454. The first-order chi connectivity index (χ1) is 7.63. The van der Waals surface area contributed by atoms with E-state index in [2.05, 4.69) is 10.6 Å². The van der Waals surface area contributed by atoms with Gasteiger partial charge in [-0.05, 0) is 18.2 Å². The molecule has 82 valence electrons. The molecule has 0 atom stereocenters. The molecule has 1 aromatic carbocycles. The number of rotatable bonds is 2. The molecular weight excluding hydrogens is 213 g/mol. The number of anilines is 1. The lowest BCUT2D eigenvalue weighted by molar-refractivity contribution is -0.136. The Morgan fingerprint density at radius 3 is 2.75 bits per heavy atom. The molecule has 0 aliphatic carbocycles. The van der Waals surface area contributed by atoms with Crippen LogP contribution >= 0.6 is 0 Å². The van der Waals surface area contributed by atoms with E-state index in [0.717, 1.165) is 6.07 Å². The van der Waals surface area contributed by atoms with Crippen molar-refractivity contribution >= 4 is 17.5 Å². The van der Waals surface area contributed by atoms with Gasteiger partial charge in [0.25, 0.3) is 0 Å². The zero-order valence-electron chi connectivity index (χ0n) is 8.16. The van der Waals surface area contributed by atoms with Gasteiger partial charge in [0.2, 0.25) is 0 Å². The highest BCUT2D eigenvalue weighted by atomic mass is 19.1. The summed E-state index contributed by atoms with van der Waals surface area (Å²) in [6.45, 7) is -0.255. The molecule has 2 N–H and O–H groups in total. The highest BCUT2D eigenvalue weighted by molar-refractivity contribution is 6.39. The van der Waals surface area contributed by atoms with Crippen molar-refractivity contribution in [2.24, 2.45) is 0 Å². The van der Waals surface area contributed by atoms with Gasteiger partial charge in [0, 0.05) is 5.69 Å². The Kier molecular flexibility index (Phi) is 3.98. The van der Waals surface area contributed by atoms with Crippen LogP contribution in [-0.2, 0) is 9.59 Å². The average molecular weight is 221 g/mol. The van der Waals surface area contributed by atoms with E-state index in [1.807, 2.05) is 0 Å². The van der Waals surface area contributed by atoms with Crippen LogP contribution in [-0.4, -0.2) is 18.4 Å². The van der Waals surface area contributed by atoms with Gasteiger partial charge < -0.3 is 10.6 Å². The smallest absolute Gasteiger partial charge is 0.313 e. The number of halogens is 1. The van der Waals surface area contributed by atoms with Crippen LogP contribution in [0.25, 0.3) is 0 Å². The van der Waals surface area contributed by atoms with Crippen molar-refractivity contribution in [1.82, 2.24) is 5.32 Å². The second-order valence-electron chi connectivity index (χ2n) is 2.81. The maximum atomic E-state index is 12.7. The molecule has 16 heavy (non-hydrogen) atoms. The fourth-order valence-electron chi connectivity index (χ4n) is 0.954. The summed E-state index contributed by atoms with van der Waals surface area (Å²) in [5, 5.41) is 12.4. The lowest BCUT2D eigenvalue weighted by atomic mass is 10.3. The number of hydrogen-bond acceptors (Lipinski definition) is 3. The van der Waals surface area contributed by atoms with Gasteiger partial charge in [-0.2, -0.15) is 5.26 Å². The Morgan fingerprint density at radius 2 is 2.12 bits per heavy atom. The number of amides is 2. The molecule has 1 rings (SSSR count). The number of nitrogens with one attached hydrogen (secondary N) is 2. The molecule has 0 bridgehead atoms. The van der Waals surface area contributed by atoms with Crippen LogP contribution < -0.4 is 10.6 Å². The summed E-state index contributed by atoms with van der Waals surface area (Å²) in [4.78, 5) is 22.2. The SMILES string of the molecule is N#CCNC(=O)C(=O)Nc1cccc(F)c1. The van der Waals surface area contributed by atoms with Crippen LogP contribution in [0.3, 0.4) is 0 Å². The number of carbonyl (C=O) groups is 2. The van der Waals surface area contributed by atoms with Crippen LogP contribution in [0.4, 0.5) is 10.1 Å². The third-order valence-electron chi connectivity index (χ3n) is 1.62. The molecule has 0 saturated heterocycles. The van der Waals surface area contributed by atoms with Crippen molar-refractivity contribution in [1.29, 1.82) is 5.26 Å². The summed E-state index contributed by atoms with van der Waals surface area (Å²) in [5.41, 5.74) is 0.178. The Labute approximate surface area is 90.9 Å². The van der Waals surface area contributed by atoms with E-state index < -0.39 is 17.6 Å². The largest absolute Gasteiger partial charge is 0.335 e. The first kappa shape index (κ1) is 11.7. The molecule has 0 fully saturated rings. The number of carbonyl (C=O) groups excluding carboxylic acids is 2. The van der Waals surface area contributed by atoms with Crippen molar-refractivity contribution in [3.8, 4) is 6.07 Å². The molecule has 0 saturated carbocycles. The normalized spacial score (nSPS) is 9.00. The summed E-state index contributed by atoms with van der Waals surface area (Å²) in [6, 6.07) is 6.79. The highest BCUT2D eigenvalue weighted by Gasteiger charge is 2.12. The van der Waals surface area contributed by atoms with Crippen molar-refractivity contribution in [3.05, 3.63) is 30.1 Å². The van der Waals surface area contributed by atoms with Gasteiger partial charge in [0.15, 0.2) is 0 Å². The highest BCUT2D eigenvalue weighted by Crippen LogP contribution is 2.08. The predicted octanol–water partition coefficient (Wildman–Crippen LogP) is 0.404. The van der Waals surface area contributed by atoms with Gasteiger partial charge in [0.1, 0.15) is 12.4 Å². The standard InChI is InChI=1S/C10H8FN3O2/c11-7-2-1-3-8(6-7)14-10(16)9(15)13-5-4-12/h1-3,6H,5H2,(H,13,15)(H,14,16). The van der Waals surface area contributed by atoms with Crippen molar-refractivity contribution < 1.29 is 14.0 Å². The molecule has 0 aliphatic heterocycles. The van der Waals surface area contributed by atoms with E-state index in [9.17, 15) is 14.0 Å². The topological polar surface area (TPSA) is 82.0 Å². The molecular formula is C10H8FN3O2. The quantitative estimate of drug-likeness (QED) is 0.560. The first-order valence-electron chi connectivity index (χ1n) is 4.35. The zero-order valence-corrected chi connectivity index (χ0v) is 8.16. The fraction of sp³-hybridized carbons (Fsp3) is 0.100. The van der Waals surface area contributed by atoms with Crippen LogP contribution in [0.15, 0.2) is 24.3 Å². The summed E-state index contributed by atoms with van der Waals surface area (Å²) >= 11 is 0. The third-order valence-corrected chi connectivity index (χ3v) is 1.62. The lowest BCUT2D eigenvalue weighted by Gasteiger charge is -2.03. The van der Waals surface area contributed by atoms with Crippen LogP contribution in [0.1, 0.15) is 0 Å². The zero-order chi connectivity index (χ0) is 12.0.